The first-order valence-electron chi connectivity index (χ1n) is 15.2. The smallest absolute Gasteiger partial charge is 0.339 e. The maximum Gasteiger partial charge on any atom is 0.339 e. The summed E-state index contributed by atoms with van der Waals surface area (Å²) < 4.78 is 11.6. The van der Waals surface area contributed by atoms with Crippen molar-refractivity contribution in [2.24, 2.45) is 11.7 Å². The van der Waals surface area contributed by atoms with E-state index in [1.54, 1.807) is 12.1 Å². The molecule has 2 N–H and O–H groups in total. The molecular weight excluding hydrogens is 512 g/mol. The van der Waals surface area contributed by atoms with E-state index in [-0.39, 0.29) is 0 Å². The van der Waals surface area contributed by atoms with Crippen molar-refractivity contribution in [3.63, 3.8) is 0 Å². The van der Waals surface area contributed by atoms with Crippen molar-refractivity contribution in [2.45, 2.75) is 62.9 Å². The predicted molar refractivity (Wildman–Crippen MR) is 160 cm³/mol. The third-order valence-electron chi connectivity index (χ3n) is 9.54. The Balaban J connectivity index is 0.980. The molecule has 2 fully saturated rings. The van der Waals surface area contributed by atoms with E-state index in [0.717, 1.165) is 68.8 Å². The summed E-state index contributed by atoms with van der Waals surface area (Å²) in [6.07, 6.45) is 7.18. The molecule has 6 heteroatoms. The molecule has 1 amide bonds. The predicted octanol–water partition coefficient (Wildman–Crippen LogP) is 6.13. The molecule has 1 saturated carbocycles. The molecule has 0 unspecified atom stereocenters. The van der Waals surface area contributed by atoms with Gasteiger partial charge in [0.05, 0.1) is 12.2 Å². The Morgan fingerprint density at radius 1 is 0.878 bits per heavy atom. The highest BCUT2D eigenvalue weighted by molar-refractivity contribution is 5.94. The van der Waals surface area contributed by atoms with Crippen LogP contribution in [0.2, 0.25) is 0 Å². The van der Waals surface area contributed by atoms with Gasteiger partial charge in [-0.1, -0.05) is 54.6 Å². The maximum absolute atomic E-state index is 13.0. The van der Waals surface area contributed by atoms with Gasteiger partial charge in [-0.15, -0.1) is 0 Å². The minimum Gasteiger partial charge on any atom is -0.493 e. The summed E-state index contributed by atoms with van der Waals surface area (Å²) in [5, 5.41) is 0. The zero-order valence-electron chi connectivity index (χ0n) is 23.7. The fourth-order valence-electron chi connectivity index (χ4n) is 6.96. The topological polar surface area (TPSA) is 81.9 Å². The number of carbonyl (C=O) groups excluding carboxylic acids is 2. The summed E-state index contributed by atoms with van der Waals surface area (Å²) >= 11 is 0. The fourth-order valence-corrected chi connectivity index (χ4v) is 6.96. The van der Waals surface area contributed by atoms with E-state index in [2.05, 4.69) is 23.1 Å². The quantitative estimate of drug-likeness (QED) is 0.340. The number of amides is 1. The van der Waals surface area contributed by atoms with E-state index >= 15 is 0 Å². The van der Waals surface area contributed by atoms with Gasteiger partial charge >= 0.3 is 5.97 Å². The maximum atomic E-state index is 13.0. The largest absolute Gasteiger partial charge is 0.493 e. The van der Waals surface area contributed by atoms with Gasteiger partial charge in [0.15, 0.2) is 5.60 Å². The number of carbonyl (C=O) groups is 2. The first-order chi connectivity index (χ1) is 20.0. The van der Waals surface area contributed by atoms with Crippen LogP contribution in [0.15, 0.2) is 72.8 Å². The van der Waals surface area contributed by atoms with E-state index in [9.17, 15) is 9.59 Å². The van der Waals surface area contributed by atoms with Crippen LogP contribution in [-0.2, 0) is 16.0 Å². The van der Waals surface area contributed by atoms with Crippen molar-refractivity contribution < 1.29 is 19.1 Å². The second-order valence-electron chi connectivity index (χ2n) is 12.0. The number of fused-ring (bicyclic) bond motifs is 1. The number of likely N-dealkylation sites (tertiary alicyclic amines) is 1. The molecule has 2 heterocycles. The van der Waals surface area contributed by atoms with Crippen LogP contribution < -0.4 is 10.5 Å². The Bertz CT molecular complexity index is 1350. The van der Waals surface area contributed by atoms with Crippen molar-refractivity contribution in [2.75, 3.05) is 26.2 Å². The lowest BCUT2D eigenvalue weighted by molar-refractivity contribution is -0.142. The number of benzene rings is 3. The molecular formula is C35H40N2O4. The fraction of sp³-hybridized carbons (Fsp3) is 0.429. The third-order valence-corrected chi connectivity index (χ3v) is 9.54. The number of esters is 1. The van der Waals surface area contributed by atoms with Gasteiger partial charge in [0.2, 0.25) is 0 Å². The summed E-state index contributed by atoms with van der Waals surface area (Å²) in [4.78, 5) is 28.2. The van der Waals surface area contributed by atoms with Crippen LogP contribution in [0.25, 0.3) is 11.1 Å². The zero-order valence-corrected chi connectivity index (χ0v) is 23.7. The molecule has 0 radical (unpaired) electrons. The van der Waals surface area contributed by atoms with Gasteiger partial charge in [-0.2, -0.15) is 0 Å². The van der Waals surface area contributed by atoms with Gasteiger partial charge in [0.25, 0.3) is 5.91 Å². The number of hydrogen-bond acceptors (Lipinski definition) is 5. The molecule has 6 nitrogen and oxygen atoms in total. The zero-order chi connectivity index (χ0) is 28.2. The lowest BCUT2D eigenvalue weighted by Crippen LogP contribution is -2.50. The second-order valence-corrected chi connectivity index (χ2v) is 12.0. The minimum absolute atomic E-state index is 0.434. The third kappa shape index (κ3) is 6.03. The first-order valence-corrected chi connectivity index (χ1v) is 15.2. The molecule has 41 heavy (non-hydrogen) atoms. The molecule has 6 rings (SSSR count). The summed E-state index contributed by atoms with van der Waals surface area (Å²) in [5.74, 6) is 1.20. The monoisotopic (exact) mass is 552 g/mol. The number of primary amides is 1. The minimum atomic E-state index is -1.22. The number of piperidine rings is 1. The summed E-state index contributed by atoms with van der Waals surface area (Å²) in [6.45, 7) is 4.12. The van der Waals surface area contributed by atoms with Crippen LogP contribution in [0, 0.1) is 5.92 Å². The normalized spacial score (nSPS) is 23.0. The van der Waals surface area contributed by atoms with Crippen molar-refractivity contribution in [1.29, 1.82) is 0 Å². The van der Waals surface area contributed by atoms with E-state index in [1.807, 2.05) is 42.5 Å². The van der Waals surface area contributed by atoms with E-state index < -0.39 is 17.5 Å². The van der Waals surface area contributed by atoms with Gasteiger partial charge < -0.3 is 20.1 Å². The van der Waals surface area contributed by atoms with Gasteiger partial charge in [-0.3, -0.25) is 4.79 Å². The molecule has 3 aliphatic rings. The molecule has 0 atom stereocenters. The highest BCUT2D eigenvalue weighted by Crippen LogP contribution is 2.39. The molecule has 3 aromatic rings. The van der Waals surface area contributed by atoms with Gasteiger partial charge in [0.1, 0.15) is 5.75 Å². The SMILES string of the molecule is NC(=O)C1(OC(=O)c2ccc(-c3ccccc3)cc2)CCC(CCN2CCC(c3cccc4c3CCO4)CC2)CC1. The van der Waals surface area contributed by atoms with Gasteiger partial charge in [0, 0.05) is 12.0 Å². The molecule has 3 aromatic carbocycles. The van der Waals surface area contributed by atoms with Crippen LogP contribution in [0.4, 0.5) is 0 Å². The lowest BCUT2D eigenvalue weighted by atomic mass is 9.76. The number of ether oxygens (including phenoxy) is 2. The molecule has 2 aliphatic heterocycles. The Morgan fingerprint density at radius 3 is 2.29 bits per heavy atom. The van der Waals surface area contributed by atoms with Crippen LogP contribution in [0.1, 0.15) is 72.3 Å². The standard InChI is InChI=1S/C35H40N2O4/c36-34(39)35(41-33(38)29-11-9-27(10-12-29)26-5-2-1-3-6-26)19-13-25(14-20-35)15-21-37-22-16-28(17-23-37)30-7-4-8-32-31(30)18-24-40-32/h1-12,25,28H,13-24H2,(H2,36,39). The molecule has 0 aromatic heterocycles. The number of nitrogens with two attached hydrogens (primary N) is 1. The summed E-state index contributed by atoms with van der Waals surface area (Å²) in [6, 6.07) is 23.9. The molecule has 0 bridgehead atoms. The van der Waals surface area contributed by atoms with Crippen molar-refractivity contribution in [3.8, 4) is 16.9 Å². The number of nitrogens with zero attached hydrogens (tertiary/aromatic N) is 1. The van der Waals surface area contributed by atoms with Crippen LogP contribution in [0.3, 0.4) is 0 Å². The average Bonchev–Trinajstić information content (AvgIpc) is 3.51. The van der Waals surface area contributed by atoms with E-state index in [1.165, 1.54) is 24.0 Å². The Kier molecular flexibility index (Phi) is 8.11. The Morgan fingerprint density at radius 2 is 1.59 bits per heavy atom. The van der Waals surface area contributed by atoms with Gasteiger partial charge in [-0.25, -0.2) is 4.79 Å². The van der Waals surface area contributed by atoms with Crippen LogP contribution >= 0.6 is 0 Å². The van der Waals surface area contributed by atoms with Crippen LogP contribution in [0.5, 0.6) is 5.75 Å². The Labute approximate surface area is 242 Å². The van der Waals surface area contributed by atoms with E-state index in [0.29, 0.717) is 30.2 Å². The number of hydrogen-bond donors (Lipinski definition) is 1. The summed E-state index contributed by atoms with van der Waals surface area (Å²) in [7, 11) is 0. The Hall–Kier alpha value is -3.64. The molecule has 1 aliphatic carbocycles. The van der Waals surface area contributed by atoms with Gasteiger partial charge in [-0.05, 0) is 111 Å². The van der Waals surface area contributed by atoms with E-state index in [4.69, 9.17) is 15.2 Å². The summed E-state index contributed by atoms with van der Waals surface area (Å²) in [5.41, 5.74) is 10.1. The average molecular weight is 553 g/mol. The lowest BCUT2D eigenvalue weighted by Gasteiger charge is -2.38. The highest BCUT2D eigenvalue weighted by Gasteiger charge is 2.44. The second kappa shape index (κ2) is 12.1. The number of rotatable bonds is 8. The van der Waals surface area contributed by atoms with Crippen molar-refractivity contribution in [3.05, 3.63) is 89.5 Å². The van der Waals surface area contributed by atoms with Crippen molar-refractivity contribution in [1.82, 2.24) is 4.90 Å². The van der Waals surface area contributed by atoms with Crippen molar-refractivity contribution >= 4 is 11.9 Å². The highest BCUT2D eigenvalue weighted by atomic mass is 16.6. The van der Waals surface area contributed by atoms with Crippen LogP contribution in [-0.4, -0.2) is 48.6 Å². The first kappa shape index (κ1) is 27.5. The molecule has 214 valence electrons. The molecule has 1 saturated heterocycles. The molecule has 0 spiro atoms.